The van der Waals surface area contributed by atoms with Crippen LogP contribution in [0.15, 0.2) is 5.38 Å². The average Bonchev–Trinajstić information content (AvgIpc) is 2.86. The van der Waals surface area contributed by atoms with E-state index in [9.17, 15) is 9.59 Å². The lowest BCUT2D eigenvalue weighted by molar-refractivity contribution is -0.138. The molecule has 2 rings (SSSR count). The zero-order valence-electron chi connectivity index (χ0n) is 11.8. The normalized spacial score (nSPS) is 15.4. The maximum atomic E-state index is 12.2. The van der Waals surface area contributed by atoms with Gasteiger partial charge in [0.05, 0.1) is 5.56 Å². The molecule has 0 aliphatic heterocycles. The van der Waals surface area contributed by atoms with Gasteiger partial charge in [-0.25, -0.2) is 0 Å². The molecule has 0 saturated heterocycles. The van der Waals surface area contributed by atoms with E-state index in [1.807, 2.05) is 12.3 Å². The highest BCUT2D eigenvalue weighted by Gasteiger charge is 2.20. The molecule has 2 N–H and O–H groups in total. The monoisotopic (exact) mass is 295 g/mol. The standard InChI is InChI=1S/C15H21NO3S/c1-2-10(7-14(17)18)8-16-15(19)12-9-20-13-6-4-3-5-11(12)13/h9-10H,2-8H2,1H3,(H,16,19)(H,17,18). The number of rotatable bonds is 6. The van der Waals surface area contributed by atoms with Crippen molar-refractivity contribution in [2.75, 3.05) is 6.54 Å². The van der Waals surface area contributed by atoms with Gasteiger partial charge in [-0.05, 0) is 37.2 Å². The lowest BCUT2D eigenvalue weighted by Gasteiger charge is -2.15. The Kier molecular flexibility index (Phi) is 5.17. The van der Waals surface area contributed by atoms with Crippen LogP contribution in [-0.2, 0) is 17.6 Å². The van der Waals surface area contributed by atoms with Crippen molar-refractivity contribution in [3.63, 3.8) is 0 Å². The number of fused-ring (bicyclic) bond motifs is 1. The third kappa shape index (κ3) is 3.60. The van der Waals surface area contributed by atoms with Crippen LogP contribution in [0, 0.1) is 5.92 Å². The summed E-state index contributed by atoms with van der Waals surface area (Å²) in [6, 6.07) is 0. The van der Waals surface area contributed by atoms with E-state index in [0.717, 1.165) is 31.2 Å². The van der Waals surface area contributed by atoms with E-state index in [2.05, 4.69) is 5.32 Å². The van der Waals surface area contributed by atoms with Gasteiger partial charge in [0.2, 0.25) is 0 Å². The molecule has 1 aromatic heterocycles. The Hall–Kier alpha value is -1.36. The fourth-order valence-corrected chi connectivity index (χ4v) is 3.75. The Bertz CT molecular complexity index is 495. The van der Waals surface area contributed by atoms with Gasteiger partial charge < -0.3 is 10.4 Å². The van der Waals surface area contributed by atoms with Crippen LogP contribution in [0.1, 0.15) is 53.4 Å². The molecule has 1 aromatic rings. The van der Waals surface area contributed by atoms with E-state index in [1.54, 1.807) is 11.3 Å². The Labute approximate surface area is 123 Å². The van der Waals surface area contributed by atoms with Gasteiger partial charge in [-0.1, -0.05) is 13.3 Å². The molecule has 1 heterocycles. The number of amides is 1. The minimum absolute atomic E-state index is 0.00547. The van der Waals surface area contributed by atoms with Gasteiger partial charge in [0.15, 0.2) is 0 Å². The highest BCUT2D eigenvalue weighted by Crippen LogP contribution is 2.30. The molecule has 4 nitrogen and oxygen atoms in total. The van der Waals surface area contributed by atoms with Gasteiger partial charge in [0, 0.05) is 23.2 Å². The van der Waals surface area contributed by atoms with Crippen LogP contribution in [-0.4, -0.2) is 23.5 Å². The van der Waals surface area contributed by atoms with Crippen molar-refractivity contribution in [3.8, 4) is 0 Å². The zero-order chi connectivity index (χ0) is 14.5. The minimum atomic E-state index is -0.806. The van der Waals surface area contributed by atoms with Gasteiger partial charge in [-0.2, -0.15) is 0 Å². The number of carbonyl (C=O) groups is 2. The van der Waals surface area contributed by atoms with Crippen molar-refractivity contribution < 1.29 is 14.7 Å². The highest BCUT2D eigenvalue weighted by molar-refractivity contribution is 7.10. The predicted molar refractivity (Wildman–Crippen MR) is 79.3 cm³/mol. The van der Waals surface area contributed by atoms with Crippen LogP contribution in [0.3, 0.4) is 0 Å². The zero-order valence-corrected chi connectivity index (χ0v) is 12.6. The summed E-state index contributed by atoms with van der Waals surface area (Å²) < 4.78 is 0. The molecule has 1 unspecified atom stereocenters. The second kappa shape index (κ2) is 6.88. The summed E-state index contributed by atoms with van der Waals surface area (Å²) >= 11 is 1.68. The first-order valence-electron chi connectivity index (χ1n) is 7.21. The van der Waals surface area contributed by atoms with Crippen LogP contribution >= 0.6 is 11.3 Å². The molecule has 1 atom stereocenters. The number of hydrogen-bond acceptors (Lipinski definition) is 3. The summed E-state index contributed by atoms with van der Waals surface area (Å²) in [6.07, 6.45) is 5.32. The molecule has 0 fully saturated rings. The molecule has 0 saturated carbocycles. The number of carboxylic acids is 1. The number of thiophene rings is 1. The third-order valence-electron chi connectivity index (χ3n) is 3.90. The summed E-state index contributed by atoms with van der Waals surface area (Å²) in [7, 11) is 0. The Morgan fingerprint density at radius 1 is 1.40 bits per heavy atom. The highest BCUT2D eigenvalue weighted by atomic mass is 32.1. The third-order valence-corrected chi connectivity index (χ3v) is 4.99. The van der Waals surface area contributed by atoms with Crippen LogP contribution in [0.5, 0.6) is 0 Å². The lowest BCUT2D eigenvalue weighted by Crippen LogP contribution is -2.30. The molecule has 0 spiro atoms. The van der Waals surface area contributed by atoms with Gasteiger partial charge >= 0.3 is 5.97 Å². The Morgan fingerprint density at radius 3 is 2.85 bits per heavy atom. The van der Waals surface area contributed by atoms with Gasteiger partial charge in [0.25, 0.3) is 5.91 Å². The fraction of sp³-hybridized carbons (Fsp3) is 0.600. The van der Waals surface area contributed by atoms with Crippen molar-refractivity contribution >= 4 is 23.2 Å². The first kappa shape index (κ1) is 15.0. The summed E-state index contributed by atoms with van der Waals surface area (Å²) in [5.41, 5.74) is 2.01. The number of carbonyl (C=O) groups excluding carboxylic acids is 1. The van der Waals surface area contributed by atoms with E-state index < -0.39 is 5.97 Å². The quantitative estimate of drug-likeness (QED) is 0.848. The summed E-state index contributed by atoms with van der Waals surface area (Å²) in [5, 5.41) is 13.7. The van der Waals surface area contributed by atoms with Gasteiger partial charge in [-0.3, -0.25) is 9.59 Å². The van der Waals surface area contributed by atoms with Crippen LogP contribution in [0.25, 0.3) is 0 Å². The molecule has 1 aliphatic carbocycles. The molecule has 0 bridgehead atoms. The molecular formula is C15H21NO3S. The molecule has 1 aliphatic rings. The molecule has 0 radical (unpaired) electrons. The van der Waals surface area contributed by atoms with E-state index in [0.29, 0.717) is 6.54 Å². The van der Waals surface area contributed by atoms with Gasteiger partial charge in [0.1, 0.15) is 0 Å². The minimum Gasteiger partial charge on any atom is -0.481 e. The van der Waals surface area contributed by atoms with Crippen LogP contribution in [0.4, 0.5) is 0 Å². The van der Waals surface area contributed by atoms with E-state index in [1.165, 1.54) is 16.9 Å². The first-order chi connectivity index (χ1) is 9.61. The topological polar surface area (TPSA) is 66.4 Å². The number of aliphatic carboxylic acids is 1. The molecule has 5 heteroatoms. The second-order valence-corrected chi connectivity index (χ2v) is 6.30. The predicted octanol–water partition coefficient (Wildman–Crippen LogP) is 2.86. The smallest absolute Gasteiger partial charge is 0.303 e. The summed E-state index contributed by atoms with van der Waals surface area (Å²) in [5.74, 6) is -0.849. The van der Waals surface area contributed by atoms with E-state index in [4.69, 9.17) is 5.11 Å². The lowest BCUT2D eigenvalue weighted by atomic mass is 9.95. The van der Waals surface area contributed by atoms with Crippen molar-refractivity contribution in [3.05, 3.63) is 21.4 Å². The molecule has 110 valence electrons. The fourth-order valence-electron chi connectivity index (χ4n) is 2.62. The van der Waals surface area contributed by atoms with Crippen LogP contribution in [0.2, 0.25) is 0 Å². The van der Waals surface area contributed by atoms with Crippen molar-refractivity contribution in [2.24, 2.45) is 5.92 Å². The number of carboxylic acid groups (broad SMARTS) is 1. The SMILES string of the molecule is CCC(CNC(=O)c1csc2c1CCCC2)CC(=O)O. The maximum Gasteiger partial charge on any atom is 0.303 e. The number of nitrogens with one attached hydrogen (secondary N) is 1. The largest absolute Gasteiger partial charge is 0.481 e. The molecule has 1 amide bonds. The Morgan fingerprint density at radius 2 is 2.15 bits per heavy atom. The Balaban J connectivity index is 1.95. The molecular weight excluding hydrogens is 274 g/mol. The van der Waals surface area contributed by atoms with Crippen LogP contribution < -0.4 is 5.32 Å². The maximum absolute atomic E-state index is 12.2. The van der Waals surface area contributed by atoms with Crippen molar-refractivity contribution in [1.82, 2.24) is 5.32 Å². The molecule has 20 heavy (non-hydrogen) atoms. The molecule has 0 aromatic carbocycles. The van der Waals surface area contributed by atoms with Crippen molar-refractivity contribution in [1.29, 1.82) is 0 Å². The summed E-state index contributed by atoms with van der Waals surface area (Å²) in [6.45, 7) is 2.39. The number of hydrogen-bond donors (Lipinski definition) is 2. The first-order valence-corrected chi connectivity index (χ1v) is 8.09. The summed E-state index contributed by atoms with van der Waals surface area (Å²) in [4.78, 5) is 24.3. The number of aryl methyl sites for hydroxylation is 1. The van der Waals surface area contributed by atoms with E-state index in [-0.39, 0.29) is 18.2 Å². The van der Waals surface area contributed by atoms with E-state index >= 15 is 0 Å². The second-order valence-electron chi connectivity index (χ2n) is 5.34. The van der Waals surface area contributed by atoms with Crippen molar-refractivity contribution in [2.45, 2.75) is 45.4 Å². The van der Waals surface area contributed by atoms with Gasteiger partial charge in [-0.15, -0.1) is 11.3 Å². The average molecular weight is 295 g/mol.